The molecule has 100 valence electrons. The van der Waals surface area contributed by atoms with Gasteiger partial charge in [0.25, 0.3) is 0 Å². The van der Waals surface area contributed by atoms with Crippen LogP contribution in [0.2, 0.25) is 0 Å². The van der Waals surface area contributed by atoms with Crippen LogP contribution in [-0.2, 0) is 17.7 Å². The third-order valence-corrected chi connectivity index (χ3v) is 3.43. The van der Waals surface area contributed by atoms with E-state index in [4.69, 9.17) is 4.74 Å². The van der Waals surface area contributed by atoms with E-state index in [2.05, 4.69) is 28.3 Å². The molecule has 0 N–H and O–H groups in total. The zero-order chi connectivity index (χ0) is 13.7. The normalized spacial score (nSPS) is 10.4. The average Bonchev–Trinajstić information content (AvgIpc) is 3.03. The molecule has 0 amide bonds. The second kappa shape index (κ2) is 6.29. The number of nitrogens with zero attached hydrogens (tertiary/aromatic N) is 3. The maximum atomic E-state index is 11.7. The highest BCUT2D eigenvalue weighted by Gasteiger charge is 2.17. The minimum Gasteiger partial charge on any atom is -0.457 e. The Morgan fingerprint density at radius 3 is 3.16 bits per heavy atom. The van der Waals surface area contributed by atoms with E-state index in [-0.39, 0.29) is 12.3 Å². The molecule has 0 saturated carbocycles. The van der Waals surface area contributed by atoms with Gasteiger partial charge in [-0.3, -0.25) is 0 Å². The molecule has 2 aromatic heterocycles. The molecule has 6 heteroatoms. The minimum absolute atomic E-state index is 0.181. The fourth-order valence-electron chi connectivity index (χ4n) is 1.63. The molecular weight excluding hydrogens is 262 g/mol. The molecule has 0 saturated heterocycles. The SMILES string of the molecule is C=CCOC(=O)c1nnn(CCc2ccsc2)c1C. The molecular formula is C13H15N3O2S. The highest BCUT2D eigenvalue weighted by molar-refractivity contribution is 7.07. The van der Waals surface area contributed by atoms with Gasteiger partial charge in [-0.05, 0) is 35.7 Å². The van der Waals surface area contributed by atoms with Crippen molar-refractivity contribution >= 4 is 17.3 Å². The molecule has 0 atom stereocenters. The van der Waals surface area contributed by atoms with Crippen molar-refractivity contribution in [3.63, 3.8) is 0 Å². The first-order valence-electron chi connectivity index (χ1n) is 5.91. The lowest BCUT2D eigenvalue weighted by molar-refractivity contribution is 0.0542. The second-order valence-corrected chi connectivity index (χ2v) is 4.80. The van der Waals surface area contributed by atoms with Gasteiger partial charge in [0.1, 0.15) is 6.61 Å². The number of hydrogen-bond donors (Lipinski definition) is 0. The molecule has 0 spiro atoms. The van der Waals surface area contributed by atoms with E-state index in [9.17, 15) is 4.79 Å². The van der Waals surface area contributed by atoms with Gasteiger partial charge in [0, 0.05) is 6.54 Å². The molecule has 0 fully saturated rings. The lowest BCUT2D eigenvalue weighted by Crippen LogP contribution is -2.09. The van der Waals surface area contributed by atoms with E-state index in [1.54, 1.807) is 16.0 Å². The van der Waals surface area contributed by atoms with E-state index >= 15 is 0 Å². The van der Waals surface area contributed by atoms with Crippen LogP contribution in [0.5, 0.6) is 0 Å². The highest BCUT2D eigenvalue weighted by atomic mass is 32.1. The summed E-state index contributed by atoms with van der Waals surface area (Å²) in [6.07, 6.45) is 2.39. The summed E-state index contributed by atoms with van der Waals surface area (Å²) in [5.74, 6) is -0.459. The van der Waals surface area contributed by atoms with Crippen LogP contribution < -0.4 is 0 Å². The van der Waals surface area contributed by atoms with Gasteiger partial charge in [-0.1, -0.05) is 17.9 Å². The van der Waals surface area contributed by atoms with Crippen molar-refractivity contribution < 1.29 is 9.53 Å². The zero-order valence-corrected chi connectivity index (χ0v) is 11.5. The summed E-state index contributed by atoms with van der Waals surface area (Å²) in [5, 5.41) is 12.0. The molecule has 19 heavy (non-hydrogen) atoms. The van der Waals surface area contributed by atoms with E-state index in [0.717, 1.165) is 12.1 Å². The standard InChI is InChI=1S/C13H15N3O2S/c1-3-7-18-13(17)12-10(2)16(15-14-12)6-4-11-5-8-19-9-11/h3,5,8-9H,1,4,6-7H2,2H3. The Hall–Kier alpha value is -1.95. The average molecular weight is 277 g/mol. The third kappa shape index (κ3) is 3.29. The maximum absolute atomic E-state index is 11.7. The fraction of sp³-hybridized carbons (Fsp3) is 0.308. The Morgan fingerprint density at radius 1 is 1.63 bits per heavy atom. The summed E-state index contributed by atoms with van der Waals surface area (Å²) in [6.45, 7) is 6.19. The van der Waals surface area contributed by atoms with Gasteiger partial charge in [-0.25, -0.2) is 9.48 Å². The number of carbonyl (C=O) groups is 1. The lowest BCUT2D eigenvalue weighted by atomic mass is 10.2. The molecule has 0 aliphatic rings. The van der Waals surface area contributed by atoms with Crippen LogP contribution >= 0.6 is 11.3 Å². The van der Waals surface area contributed by atoms with Crippen molar-refractivity contribution in [3.8, 4) is 0 Å². The van der Waals surface area contributed by atoms with E-state index in [1.807, 2.05) is 12.3 Å². The van der Waals surface area contributed by atoms with E-state index in [1.165, 1.54) is 11.6 Å². The van der Waals surface area contributed by atoms with Gasteiger partial charge < -0.3 is 4.74 Å². The first kappa shape index (κ1) is 13.5. The molecule has 0 aliphatic carbocycles. The van der Waals surface area contributed by atoms with Gasteiger partial charge in [-0.2, -0.15) is 11.3 Å². The van der Waals surface area contributed by atoms with Gasteiger partial charge in [0.15, 0.2) is 5.69 Å². The number of rotatable bonds is 6. The van der Waals surface area contributed by atoms with Gasteiger partial charge >= 0.3 is 5.97 Å². The summed E-state index contributed by atoms with van der Waals surface area (Å²) in [7, 11) is 0. The van der Waals surface area contributed by atoms with Crippen LogP contribution in [0.15, 0.2) is 29.5 Å². The topological polar surface area (TPSA) is 57.0 Å². The molecule has 0 aliphatic heterocycles. The van der Waals surface area contributed by atoms with Gasteiger partial charge in [0.2, 0.25) is 0 Å². The number of carbonyl (C=O) groups excluding carboxylic acids is 1. The molecule has 2 rings (SSSR count). The van der Waals surface area contributed by atoms with E-state index in [0.29, 0.717) is 6.54 Å². The van der Waals surface area contributed by atoms with Crippen LogP contribution in [0.4, 0.5) is 0 Å². The Labute approximate surface area is 115 Å². The third-order valence-electron chi connectivity index (χ3n) is 2.70. The predicted molar refractivity (Wildman–Crippen MR) is 73.3 cm³/mol. The largest absolute Gasteiger partial charge is 0.457 e. The zero-order valence-electron chi connectivity index (χ0n) is 10.7. The van der Waals surface area contributed by atoms with Crippen LogP contribution in [0.25, 0.3) is 0 Å². The van der Waals surface area contributed by atoms with Crippen molar-refractivity contribution in [2.75, 3.05) is 6.61 Å². The van der Waals surface area contributed by atoms with Crippen LogP contribution in [-0.4, -0.2) is 27.6 Å². The van der Waals surface area contributed by atoms with Crippen molar-refractivity contribution in [3.05, 3.63) is 46.4 Å². The number of esters is 1. The molecule has 0 aromatic carbocycles. The summed E-state index contributed by atoms with van der Waals surface area (Å²) in [6, 6.07) is 2.08. The Balaban J connectivity index is 2.01. The summed E-state index contributed by atoms with van der Waals surface area (Å²) < 4.78 is 6.67. The van der Waals surface area contributed by atoms with E-state index < -0.39 is 5.97 Å². The molecule has 0 bridgehead atoms. The first-order valence-corrected chi connectivity index (χ1v) is 6.86. The molecule has 2 aromatic rings. The summed E-state index contributed by atoms with van der Waals surface area (Å²) >= 11 is 1.67. The first-order chi connectivity index (χ1) is 9.22. The van der Waals surface area contributed by atoms with Crippen molar-refractivity contribution in [1.82, 2.24) is 15.0 Å². The van der Waals surface area contributed by atoms with Gasteiger partial charge in [0.05, 0.1) is 5.69 Å². The number of aromatic nitrogens is 3. The fourth-order valence-corrected chi connectivity index (χ4v) is 2.34. The smallest absolute Gasteiger partial charge is 0.361 e. The summed E-state index contributed by atoms with van der Waals surface area (Å²) in [5.41, 5.74) is 2.26. The minimum atomic E-state index is -0.459. The van der Waals surface area contributed by atoms with Crippen molar-refractivity contribution in [2.24, 2.45) is 0 Å². The number of aryl methyl sites for hydroxylation is 2. The summed E-state index contributed by atoms with van der Waals surface area (Å²) in [4.78, 5) is 11.7. The highest BCUT2D eigenvalue weighted by Crippen LogP contribution is 2.10. The molecule has 0 radical (unpaired) electrons. The Kier molecular flexibility index (Phi) is 4.46. The van der Waals surface area contributed by atoms with Crippen LogP contribution in [0.1, 0.15) is 21.7 Å². The molecule has 0 unspecified atom stereocenters. The number of thiophene rings is 1. The number of hydrogen-bond acceptors (Lipinski definition) is 5. The van der Waals surface area contributed by atoms with Crippen molar-refractivity contribution in [2.45, 2.75) is 19.9 Å². The van der Waals surface area contributed by atoms with Crippen LogP contribution in [0.3, 0.4) is 0 Å². The Morgan fingerprint density at radius 2 is 2.47 bits per heavy atom. The Bertz CT molecular complexity index is 560. The van der Waals surface area contributed by atoms with Crippen molar-refractivity contribution in [1.29, 1.82) is 0 Å². The second-order valence-electron chi connectivity index (χ2n) is 4.02. The lowest BCUT2D eigenvalue weighted by Gasteiger charge is -2.03. The molecule has 2 heterocycles. The number of ether oxygens (including phenoxy) is 1. The quantitative estimate of drug-likeness (QED) is 0.600. The van der Waals surface area contributed by atoms with Gasteiger partial charge in [-0.15, -0.1) is 5.10 Å². The maximum Gasteiger partial charge on any atom is 0.361 e. The predicted octanol–water partition coefficient (Wildman–Crippen LogP) is 2.23. The monoisotopic (exact) mass is 277 g/mol. The van der Waals surface area contributed by atoms with Crippen LogP contribution in [0, 0.1) is 6.92 Å². The molecule has 5 nitrogen and oxygen atoms in total.